The molecule has 1 atom stereocenters. The Balaban J connectivity index is 2.05. The highest BCUT2D eigenvalue weighted by Gasteiger charge is 2.13. The predicted molar refractivity (Wildman–Crippen MR) is 79.6 cm³/mol. The smallest absolute Gasteiger partial charge is 0.224 e. The Morgan fingerprint density at radius 1 is 1.47 bits per heavy atom. The largest absolute Gasteiger partial charge is 0.381 e. The molecule has 1 fully saturated rings. The third-order valence-electron chi connectivity index (χ3n) is 3.50. The molecule has 0 aromatic heterocycles. The Morgan fingerprint density at radius 3 is 3.00 bits per heavy atom. The van der Waals surface area contributed by atoms with Crippen molar-refractivity contribution < 1.29 is 4.79 Å². The minimum absolute atomic E-state index is 0.0501. The van der Waals surface area contributed by atoms with Crippen LogP contribution in [0.4, 0.5) is 11.4 Å². The van der Waals surface area contributed by atoms with Crippen LogP contribution in [-0.4, -0.2) is 25.0 Å². The second-order valence-electron chi connectivity index (χ2n) is 5.12. The molecule has 19 heavy (non-hydrogen) atoms. The van der Waals surface area contributed by atoms with Crippen molar-refractivity contribution in [2.24, 2.45) is 0 Å². The van der Waals surface area contributed by atoms with Crippen molar-refractivity contribution in [2.45, 2.75) is 39.2 Å². The van der Waals surface area contributed by atoms with Gasteiger partial charge in [0.15, 0.2) is 0 Å². The highest BCUT2D eigenvalue weighted by Crippen LogP contribution is 2.22. The van der Waals surface area contributed by atoms with Crippen molar-refractivity contribution in [3.8, 4) is 0 Å². The molecule has 0 radical (unpaired) electrons. The van der Waals surface area contributed by atoms with E-state index in [-0.39, 0.29) is 5.91 Å². The summed E-state index contributed by atoms with van der Waals surface area (Å²) in [5.41, 5.74) is 3.19. The van der Waals surface area contributed by atoms with Gasteiger partial charge < -0.3 is 16.0 Å². The number of hydrogen-bond acceptors (Lipinski definition) is 3. The van der Waals surface area contributed by atoms with Crippen molar-refractivity contribution in [2.75, 3.05) is 23.7 Å². The predicted octanol–water partition coefficient (Wildman–Crippen LogP) is 2.51. The van der Waals surface area contributed by atoms with Crippen LogP contribution in [0.15, 0.2) is 18.2 Å². The van der Waals surface area contributed by atoms with Crippen LogP contribution in [0.3, 0.4) is 0 Å². The second-order valence-corrected chi connectivity index (χ2v) is 5.12. The Hall–Kier alpha value is -1.55. The van der Waals surface area contributed by atoms with Crippen LogP contribution in [0.25, 0.3) is 0 Å². The van der Waals surface area contributed by atoms with Gasteiger partial charge in [-0.2, -0.15) is 0 Å². The zero-order valence-electron chi connectivity index (χ0n) is 11.8. The minimum atomic E-state index is 0.0501. The van der Waals surface area contributed by atoms with E-state index in [4.69, 9.17) is 0 Å². The SMILES string of the molecule is CCC(=O)Nc1ccc(C)c(NC2CCCNC2)c1. The van der Waals surface area contributed by atoms with E-state index in [0.29, 0.717) is 12.5 Å². The van der Waals surface area contributed by atoms with Gasteiger partial charge in [-0.25, -0.2) is 0 Å². The van der Waals surface area contributed by atoms with Gasteiger partial charge in [0, 0.05) is 30.4 Å². The van der Waals surface area contributed by atoms with Gasteiger partial charge in [-0.3, -0.25) is 4.79 Å². The van der Waals surface area contributed by atoms with Crippen molar-refractivity contribution in [3.63, 3.8) is 0 Å². The molecule has 1 aliphatic rings. The van der Waals surface area contributed by atoms with E-state index in [9.17, 15) is 4.79 Å². The molecule has 4 heteroatoms. The van der Waals surface area contributed by atoms with Crippen LogP contribution in [-0.2, 0) is 4.79 Å². The van der Waals surface area contributed by atoms with Crippen LogP contribution < -0.4 is 16.0 Å². The monoisotopic (exact) mass is 261 g/mol. The third-order valence-corrected chi connectivity index (χ3v) is 3.50. The first-order chi connectivity index (χ1) is 9.19. The molecule has 104 valence electrons. The molecule has 0 bridgehead atoms. The summed E-state index contributed by atoms with van der Waals surface area (Å²) in [4.78, 5) is 11.4. The Bertz CT molecular complexity index is 439. The number of nitrogens with one attached hydrogen (secondary N) is 3. The van der Waals surface area contributed by atoms with E-state index in [1.807, 2.05) is 25.1 Å². The molecule has 1 aliphatic heterocycles. The van der Waals surface area contributed by atoms with Gasteiger partial charge >= 0.3 is 0 Å². The normalized spacial score (nSPS) is 18.9. The fourth-order valence-corrected chi connectivity index (χ4v) is 2.30. The molecule has 0 aliphatic carbocycles. The molecule has 2 rings (SSSR count). The van der Waals surface area contributed by atoms with Crippen molar-refractivity contribution in [1.29, 1.82) is 0 Å². The zero-order chi connectivity index (χ0) is 13.7. The first kappa shape index (κ1) is 13.9. The number of hydrogen-bond donors (Lipinski definition) is 3. The van der Waals surface area contributed by atoms with Gasteiger partial charge in [-0.1, -0.05) is 13.0 Å². The average Bonchev–Trinajstić information content (AvgIpc) is 2.43. The first-order valence-electron chi connectivity index (χ1n) is 7.07. The number of anilines is 2. The van der Waals surface area contributed by atoms with Gasteiger partial charge in [-0.05, 0) is 44.0 Å². The summed E-state index contributed by atoms with van der Waals surface area (Å²) in [5, 5.41) is 9.87. The lowest BCUT2D eigenvalue weighted by Crippen LogP contribution is -2.38. The Labute approximate surface area is 115 Å². The Kier molecular flexibility index (Phi) is 4.80. The number of aryl methyl sites for hydroxylation is 1. The van der Waals surface area contributed by atoms with Gasteiger partial charge in [0.2, 0.25) is 5.91 Å². The molecule has 1 heterocycles. The molecule has 1 aromatic carbocycles. The van der Waals surface area contributed by atoms with Crippen LogP contribution >= 0.6 is 0 Å². The summed E-state index contributed by atoms with van der Waals surface area (Å²) in [5.74, 6) is 0.0501. The molecule has 1 aromatic rings. The van der Waals surface area contributed by atoms with E-state index in [1.165, 1.54) is 18.4 Å². The summed E-state index contributed by atoms with van der Waals surface area (Å²) in [6.07, 6.45) is 2.91. The molecule has 1 amide bonds. The third kappa shape index (κ3) is 3.96. The van der Waals surface area contributed by atoms with Crippen molar-refractivity contribution in [1.82, 2.24) is 5.32 Å². The van der Waals surface area contributed by atoms with Crippen LogP contribution in [0.5, 0.6) is 0 Å². The standard InChI is InChI=1S/C15H23N3O/c1-3-15(19)18-12-7-6-11(2)14(9-12)17-13-5-4-8-16-10-13/h6-7,9,13,16-17H,3-5,8,10H2,1-2H3,(H,18,19). The van der Waals surface area contributed by atoms with E-state index < -0.39 is 0 Å². The van der Waals surface area contributed by atoms with Gasteiger partial charge in [0.1, 0.15) is 0 Å². The van der Waals surface area contributed by atoms with Crippen LogP contribution in [0.1, 0.15) is 31.7 Å². The maximum atomic E-state index is 11.4. The number of rotatable bonds is 4. The fourth-order valence-electron chi connectivity index (χ4n) is 2.30. The maximum Gasteiger partial charge on any atom is 0.224 e. The molecular weight excluding hydrogens is 238 g/mol. The summed E-state index contributed by atoms with van der Waals surface area (Å²) in [6.45, 7) is 6.06. The molecular formula is C15H23N3O. The fraction of sp³-hybridized carbons (Fsp3) is 0.533. The number of benzene rings is 1. The lowest BCUT2D eigenvalue weighted by molar-refractivity contribution is -0.115. The molecule has 4 nitrogen and oxygen atoms in total. The van der Waals surface area contributed by atoms with E-state index in [2.05, 4.69) is 22.9 Å². The molecule has 0 saturated carbocycles. The van der Waals surface area contributed by atoms with Crippen LogP contribution in [0.2, 0.25) is 0 Å². The van der Waals surface area contributed by atoms with E-state index in [1.54, 1.807) is 0 Å². The molecule has 0 spiro atoms. The average molecular weight is 261 g/mol. The number of carbonyl (C=O) groups is 1. The van der Waals surface area contributed by atoms with Crippen molar-refractivity contribution in [3.05, 3.63) is 23.8 Å². The highest BCUT2D eigenvalue weighted by atomic mass is 16.1. The highest BCUT2D eigenvalue weighted by molar-refractivity contribution is 5.91. The Morgan fingerprint density at radius 2 is 2.32 bits per heavy atom. The number of carbonyl (C=O) groups excluding carboxylic acids is 1. The van der Waals surface area contributed by atoms with Crippen molar-refractivity contribution >= 4 is 17.3 Å². The van der Waals surface area contributed by atoms with Gasteiger partial charge in [0.25, 0.3) is 0 Å². The lowest BCUT2D eigenvalue weighted by Gasteiger charge is -2.26. The molecule has 1 unspecified atom stereocenters. The topological polar surface area (TPSA) is 53.2 Å². The molecule has 3 N–H and O–H groups in total. The van der Waals surface area contributed by atoms with E-state index in [0.717, 1.165) is 24.5 Å². The summed E-state index contributed by atoms with van der Waals surface area (Å²) in [6, 6.07) is 6.50. The second kappa shape index (κ2) is 6.57. The van der Waals surface area contributed by atoms with Gasteiger partial charge in [-0.15, -0.1) is 0 Å². The van der Waals surface area contributed by atoms with Crippen LogP contribution in [0, 0.1) is 6.92 Å². The number of piperidine rings is 1. The lowest BCUT2D eigenvalue weighted by atomic mass is 10.1. The minimum Gasteiger partial charge on any atom is -0.381 e. The quantitative estimate of drug-likeness (QED) is 0.780. The van der Waals surface area contributed by atoms with Gasteiger partial charge in [0.05, 0.1) is 0 Å². The molecule has 1 saturated heterocycles. The van der Waals surface area contributed by atoms with E-state index >= 15 is 0 Å². The zero-order valence-corrected chi connectivity index (χ0v) is 11.8. The maximum absolute atomic E-state index is 11.4. The number of amides is 1. The summed E-state index contributed by atoms with van der Waals surface area (Å²) in [7, 11) is 0. The summed E-state index contributed by atoms with van der Waals surface area (Å²) < 4.78 is 0. The first-order valence-corrected chi connectivity index (χ1v) is 7.07. The summed E-state index contributed by atoms with van der Waals surface area (Å²) >= 11 is 0.